The van der Waals surface area contributed by atoms with Crippen molar-refractivity contribution in [3.05, 3.63) is 83.7 Å². The highest BCUT2D eigenvalue weighted by Gasteiger charge is 2.31. The van der Waals surface area contributed by atoms with Gasteiger partial charge in [0, 0.05) is 48.6 Å². The number of ether oxygens (including phenoxy) is 1. The molecule has 1 fully saturated rings. The number of halogens is 1. The highest BCUT2D eigenvalue weighted by atomic mass is 32.2. The van der Waals surface area contributed by atoms with Gasteiger partial charge >= 0.3 is 0 Å². The molecule has 1 heterocycles. The monoisotopic (exact) mass is 567 g/mol. The van der Waals surface area contributed by atoms with Gasteiger partial charge in [0.25, 0.3) is 11.8 Å². The van der Waals surface area contributed by atoms with Gasteiger partial charge in [-0.1, -0.05) is 18.2 Å². The fraction of sp³-hybridized carbons (Fsp3) is 0.333. The van der Waals surface area contributed by atoms with Gasteiger partial charge in [0.2, 0.25) is 10.0 Å². The maximum absolute atomic E-state index is 15.0. The van der Waals surface area contributed by atoms with Crippen LogP contribution in [0.1, 0.15) is 48.4 Å². The highest BCUT2D eigenvalue weighted by Crippen LogP contribution is 2.28. The number of anilines is 1. The normalized spacial score (nSPS) is 14.1. The van der Waals surface area contributed by atoms with E-state index in [1.165, 1.54) is 26.8 Å². The van der Waals surface area contributed by atoms with Crippen molar-refractivity contribution in [2.24, 2.45) is 0 Å². The number of amides is 2. The predicted octanol–water partition coefficient (Wildman–Crippen LogP) is 4.71. The Labute approximate surface area is 234 Å². The Morgan fingerprint density at radius 1 is 0.925 bits per heavy atom. The van der Waals surface area contributed by atoms with E-state index in [4.69, 9.17) is 4.74 Å². The topological polar surface area (TPSA) is 96.0 Å². The molecule has 40 heavy (non-hydrogen) atoms. The molecule has 3 aromatic carbocycles. The van der Waals surface area contributed by atoms with Crippen LogP contribution in [0.25, 0.3) is 11.1 Å². The Morgan fingerprint density at radius 2 is 1.57 bits per heavy atom. The van der Waals surface area contributed by atoms with E-state index < -0.39 is 26.5 Å². The van der Waals surface area contributed by atoms with E-state index in [0.29, 0.717) is 49.7 Å². The molecule has 8 nitrogen and oxygen atoms in total. The fourth-order valence-corrected chi connectivity index (χ4v) is 4.98. The third-order valence-electron chi connectivity index (χ3n) is 6.77. The first-order valence-electron chi connectivity index (χ1n) is 13.1. The van der Waals surface area contributed by atoms with Crippen LogP contribution in [0, 0.1) is 5.82 Å². The fourth-order valence-electron chi connectivity index (χ4n) is 4.31. The Morgan fingerprint density at radius 3 is 2.17 bits per heavy atom. The number of nitrogens with zero attached hydrogens (tertiary/aromatic N) is 2. The second kappa shape index (κ2) is 11.7. The van der Waals surface area contributed by atoms with E-state index in [2.05, 4.69) is 9.62 Å². The molecule has 1 saturated heterocycles. The molecule has 212 valence electrons. The molecule has 1 aliphatic rings. The molecule has 0 aliphatic carbocycles. The van der Waals surface area contributed by atoms with Crippen LogP contribution in [0.15, 0.2) is 66.7 Å². The zero-order chi connectivity index (χ0) is 29.1. The lowest BCUT2D eigenvalue weighted by atomic mass is 10.0. The minimum Gasteiger partial charge on any atom is -0.494 e. The van der Waals surface area contributed by atoms with Gasteiger partial charge in [-0.15, -0.1) is 0 Å². The maximum atomic E-state index is 15.0. The molecule has 0 aromatic heterocycles. The number of carbonyl (C=O) groups excluding carboxylic acids is 2. The zero-order valence-corrected chi connectivity index (χ0v) is 23.9. The van der Waals surface area contributed by atoms with Gasteiger partial charge in [0.15, 0.2) is 0 Å². The van der Waals surface area contributed by atoms with E-state index in [0.717, 1.165) is 5.69 Å². The van der Waals surface area contributed by atoms with Crippen molar-refractivity contribution in [2.45, 2.75) is 32.4 Å². The van der Waals surface area contributed by atoms with Crippen LogP contribution < -0.4 is 14.4 Å². The van der Waals surface area contributed by atoms with Gasteiger partial charge in [-0.05, 0) is 81.8 Å². The van der Waals surface area contributed by atoms with Crippen LogP contribution >= 0.6 is 0 Å². The Bertz CT molecular complexity index is 1490. The van der Waals surface area contributed by atoms with Crippen LogP contribution in [0.2, 0.25) is 0 Å². The summed E-state index contributed by atoms with van der Waals surface area (Å²) >= 11 is 0. The average Bonchev–Trinajstić information content (AvgIpc) is 2.92. The van der Waals surface area contributed by atoms with Crippen molar-refractivity contribution in [3.63, 3.8) is 0 Å². The standard InChI is InChI=1S/C30H34FN3O5S/c1-5-39-25-8-6-7-22(19-25)26-14-11-23(20-27(26)31)29(36)34-17-15-33(16-18-34)24-12-9-21(10-13-24)28(35)32-40(37,38)30(2,3)4/h6-14,19-20H,5,15-18H2,1-4H3,(H,32,35). The molecule has 1 aliphatic heterocycles. The van der Waals surface area contributed by atoms with Crippen molar-refractivity contribution in [3.8, 4) is 16.9 Å². The van der Waals surface area contributed by atoms with Crippen LogP contribution in [0.5, 0.6) is 5.75 Å². The Balaban J connectivity index is 1.37. The van der Waals surface area contributed by atoms with E-state index in [1.807, 2.05) is 13.0 Å². The summed E-state index contributed by atoms with van der Waals surface area (Å²) in [5, 5.41) is 0. The van der Waals surface area contributed by atoms with E-state index >= 15 is 4.39 Å². The third-order valence-corrected chi connectivity index (χ3v) is 8.83. The number of piperazine rings is 1. The van der Waals surface area contributed by atoms with Crippen molar-refractivity contribution >= 4 is 27.5 Å². The number of hydrogen-bond donors (Lipinski definition) is 1. The third kappa shape index (κ3) is 6.44. The Hall–Kier alpha value is -3.92. The molecular weight excluding hydrogens is 533 g/mol. The molecule has 0 atom stereocenters. The largest absolute Gasteiger partial charge is 0.494 e. The molecule has 2 amide bonds. The first-order valence-corrected chi connectivity index (χ1v) is 14.6. The van der Waals surface area contributed by atoms with Gasteiger partial charge in [-0.25, -0.2) is 17.5 Å². The van der Waals surface area contributed by atoms with Gasteiger partial charge in [0.1, 0.15) is 11.6 Å². The quantitative estimate of drug-likeness (QED) is 0.444. The number of sulfonamides is 1. The number of rotatable bonds is 7. The summed E-state index contributed by atoms with van der Waals surface area (Å²) in [7, 11) is -3.81. The maximum Gasteiger partial charge on any atom is 0.264 e. The van der Waals surface area contributed by atoms with E-state index in [9.17, 15) is 18.0 Å². The van der Waals surface area contributed by atoms with E-state index in [-0.39, 0.29) is 17.0 Å². The van der Waals surface area contributed by atoms with Gasteiger partial charge < -0.3 is 14.5 Å². The van der Waals surface area contributed by atoms with Crippen molar-refractivity contribution in [1.29, 1.82) is 0 Å². The molecule has 0 bridgehead atoms. The van der Waals surface area contributed by atoms with Crippen molar-refractivity contribution in [1.82, 2.24) is 9.62 Å². The number of hydrogen-bond acceptors (Lipinski definition) is 6. The minimum absolute atomic E-state index is 0.236. The molecule has 0 spiro atoms. The summed E-state index contributed by atoms with van der Waals surface area (Å²) < 4.78 is 46.1. The average molecular weight is 568 g/mol. The summed E-state index contributed by atoms with van der Waals surface area (Å²) in [6.07, 6.45) is 0. The summed E-state index contributed by atoms with van der Waals surface area (Å²) in [5.41, 5.74) is 2.45. The van der Waals surface area contributed by atoms with Crippen LogP contribution in [0.4, 0.5) is 10.1 Å². The molecule has 0 unspecified atom stereocenters. The Kier molecular flexibility index (Phi) is 8.48. The first kappa shape index (κ1) is 29.1. The number of nitrogens with one attached hydrogen (secondary N) is 1. The van der Waals surface area contributed by atoms with E-state index in [1.54, 1.807) is 59.5 Å². The SMILES string of the molecule is CCOc1cccc(-c2ccc(C(=O)N3CCN(c4ccc(C(=O)NS(=O)(=O)C(C)(C)C)cc4)CC3)cc2F)c1. The molecule has 3 aromatic rings. The van der Waals surface area contributed by atoms with Crippen LogP contribution in [-0.4, -0.2) is 62.7 Å². The second-order valence-corrected chi connectivity index (χ2v) is 13.0. The highest BCUT2D eigenvalue weighted by molar-refractivity contribution is 7.91. The van der Waals surface area contributed by atoms with Gasteiger partial charge in [0.05, 0.1) is 11.4 Å². The molecule has 0 saturated carbocycles. The zero-order valence-electron chi connectivity index (χ0n) is 23.1. The summed E-state index contributed by atoms with van der Waals surface area (Å²) in [6.45, 7) is 8.96. The van der Waals surface area contributed by atoms with Crippen LogP contribution in [0.3, 0.4) is 0 Å². The number of benzene rings is 3. The summed E-state index contributed by atoms with van der Waals surface area (Å²) in [5.74, 6) is -0.737. The van der Waals surface area contributed by atoms with Gasteiger partial charge in [-0.3, -0.25) is 9.59 Å². The second-order valence-electron chi connectivity index (χ2n) is 10.5. The molecule has 10 heteroatoms. The molecule has 1 N–H and O–H groups in total. The predicted molar refractivity (Wildman–Crippen MR) is 154 cm³/mol. The minimum atomic E-state index is -3.81. The van der Waals surface area contributed by atoms with Crippen LogP contribution in [-0.2, 0) is 10.0 Å². The number of carbonyl (C=O) groups is 2. The van der Waals surface area contributed by atoms with Crippen molar-refractivity contribution < 1.29 is 27.1 Å². The lowest BCUT2D eigenvalue weighted by Crippen LogP contribution is -2.48. The lowest BCUT2D eigenvalue weighted by Gasteiger charge is -2.36. The summed E-state index contributed by atoms with van der Waals surface area (Å²) in [6, 6.07) is 18.4. The first-order chi connectivity index (χ1) is 18.9. The van der Waals surface area contributed by atoms with Gasteiger partial charge in [-0.2, -0.15) is 0 Å². The molecule has 0 radical (unpaired) electrons. The molecular formula is C30H34FN3O5S. The lowest BCUT2D eigenvalue weighted by molar-refractivity contribution is 0.0746. The summed E-state index contributed by atoms with van der Waals surface area (Å²) in [4.78, 5) is 29.3. The van der Waals surface area contributed by atoms with Crippen molar-refractivity contribution in [2.75, 3.05) is 37.7 Å². The molecule has 4 rings (SSSR count). The smallest absolute Gasteiger partial charge is 0.264 e.